The van der Waals surface area contributed by atoms with Crippen LogP contribution in [0.25, 0.3) is 0 Å². The minimum absolute atomic E-state index is 0.0739. The molecule has 1 unspecified atom stereocenters. The standard InChI is InChI=1S/C12H20N4/c1-4-9(3)16(5-2)12-10(11(13)14)7-6-8-15-12/h6-9H,4-5H2,1-3H3,(H3,13,14). The van der Waals surface area contributed by atoms with E-state index in [9.17, 15) is 0 Å². The molecule has 0 radical (unpaired) electrons. The highest BCUT2D eigenvalue weighted by molar-refractivity contribution is 5.99. The predicted molar refractivity (Wildman–Crippen MR) is 68.0 cm³/mol. The van der Waals surface area contributed by atoms with Gasteiger partial charge in [0.05, 0.1) is 5.56 Å². The highest BCUT2D eigenvalue weighted by atomic mass is 15.2. The molecule has 0 aliphatic carbocycles. The second kappa shape index (κ2) is 5.49. The summed E-state index contributed by atoms with van der Waals surface area (Å²) < 4.78 is 0. The molecule has 1 heterocycles. The Hall–Kier alpha value is -1.58. The summed E-state index contributed by atoms with van der Waals surface area (Å²) >= 11 is 0. The van der Waals surface area contributed by atoms with Gasteiger partial charge in [0.15, 0.2) is 0 Å². The van der Waals surface area contributed by atoms with Crippen LogP contribution >= 0.6 is 0 Å². The van der Waals surface area contributed by atoms with E-state index in [0.29, 0.717) is 11.6 Å². The predicted octanol–water partition coefficient (Wildman–Crippen LogP) is 1.99. The summed E-state index contributed by atoms with van der Waals surface area (Å²) in [6.07, 6.45) is 2.79. The summed E-state index contributed by atoms with van der Waals surface area (Å²) in [5, 5.41) is 7.55. The maximum atomic E-state index is 7.55. The SMILES string of the molecule is CCC(C)N(CC)c1ncccc1C(=N)N. The van der Waals surface area contributed by atoms with Crippen LogP contribution in [0.2, 0.25) is 0 Å². The molecule has 1 aromatic heterocycles. The van der Waals surface area contributed by atoms with E-state index < -0.39 is 0 Å². The molecule has 0 aliphatic heterocycles. The molecular formula is C12H20N4. The van der Waals surface area contributed by atoms with Crippen molar-refractivity contribution in [2.45, 2.75) is 33.2 Å². The molecule has 0 aromatic carbocycles. The Kier molecular flexibility index (Phi) is 4.28. The lowest BCUT2D eigenvalue weighted by Gasteiger charge is -2.29. The van der Waals surface area contributed by atoms with Crippen LogP contribution < -0.4 is 10.6 Å². The van der Waals surface area contributed by atoms with E-state index in [1.165, 1.54) is 0 Å². The first kappa shape index (κ1) is 12.5. The van der Waals surface area contributed by atoms with Crippen LogP contribution in [0.1, 0.15) is 32.8 Å². The molecule has 0 bridgehead atoms. The Morgan fingerprint density at radius 3 is 2.75 bits per heavy atom. The van der Waals surface area contributed by atoms with Crippen LogP contribution in [0.5, 0.6) is 0 Å². The molecule has 1 rings (SSSR count). The van der Waals surface area contributed by atoms with Gasteiger partial charge in [-0.1, -0.05) is 6.92 Å². The van der Waals surface area contributed by atoms with Crippen LogP contribution in [0.15, 0.2) is 18.3 Å². The maximum Gasteiger partial charge on any atom is 0.139 e. The molecular weight excluding hydrogens is 200 g/mol. The highest BCUT2D eigenvalue weighted by Gasteiger charge is 2.16. The number of amidine groups is 1. The molecule has 0 saturated heterocycles. The second-order valence-electron chi connectivity index (χ2n) is 3.83. The molecule has 4 heteroatoms. The van der Waals surface area contributed by atoms with E-state index in [0.717, 1.165) is 18.8 Å². The number of hydrogen-bond acceptors (Lipinski definition) is 3. The summed E-state index contributed by atoms with van der Waals surface area (Å²) in [4.78, 5) is 6.52. The average molecular weight is 220 g/mol. The maximum absolute atomic E-state index is 7.55. The van der Waals surface area contributed by atoms with Gasteiger partial charge in [-0.3, -0.25) is 5.41 Å². The Morgan fingerprint density at radius 2 is 2.25 bits per heavy atom. The van der Waals surface area contributed by atoms with E-state index in [1.54, 1.807) is 6.20 Å². The van der Waals surface area contributed by atoms with Crippen molar-refractivity contribution < 1.29 is 0 Å². The number of nitrogens with one attached hydrogen (secondary N) is 1. The van der Waals surface area contributed by atoms with E-state index in [2.05, 4.69) is 30.7 Å². The molecule has 0 saturated carbocycles. The van der Waals surface area contributed by atoms with Gasteiger partial charge in [-0.05, 0) is 32.4 Å². The topological polar surface area (TPSA) is 66.0 Å². The Bertz CT molecular complexity index is 362. The lowest BCUT2D eigenvalue weighted by atomic mass is 10.1. The van der Waals surface area contributed by atoms with Gasteiger partial charge in [-0.25, -0.2) is 4.98 Å². The largest absolute Gasteiger partial charge is 0.384 e. The van der Waals surface area contributed by atoms with Crippen molar-refractivity contribution in [3.63, 3.8) is 0 Å². The number of pyridine rings is 1. The first-order valence-corrected chi connectivity index (χ1v) is 5.67. The number of hydrogen-bond donors (Lipinski definition) is 2. The molecule has 16 heavy (non-hydrogen) atoms. The summed E-state index contributed by atoms with van der Waals surface area (Å²) in [6, 6.07) is 4.05. The lowest BCUT2D eigenvalue weighted by Crippen LogP contribution is -2.34. The van der Waals surface area contributed by atoms with Gasteiger partial charge in [0.25, 0.3) is 0 Å². The lowest BCUT2D eigenvalue weighted by molar-refractivity contribution is 0.622. The average Bonchev–Trinajstić information content (AvgIpc) is 2.30. The molecule has 4 nitrogen and oxygen atoms in total. The third kappa shape index (κ3) is 2.51. The summed E-state index contributed by atoms with van der Waals surface area (Å²) in [5.41, 5.74) is 6.28. The van der Waals surface area contributed by atoms with Crippen molar-refractivity contribution in [1.29, 1.82) is 5.41 Å². The Morgan fingerprint density at radius 1 is 1.56 bits per heavy atom. The van der Waals surface area contributed by atoms with Crippen LogP contribution in [-0.2, 0) is 0 Å². The van der Waals surface area contributed by atoms with Gasteiger partial charge < -0.3 is 10.6 Å². The van der Waals surface area contributed by atoms with Crippen molar-refractivity contribution >= 4 is 11.7 Å². The zero-order valence-corrected chi connectivity index (χ0v) is 10.2. The van der Waals surface area contributed by atoms with Gasteiger partial charge in [-0.15, -0.1) is 0 Å². The minimum atomic E-state index is 0.0739. The fraction of sp³-hybridized carbons (Fsp3) is 0.500. The monoisotopic (exact) mass is 220 g/mol. The van der Waals surface area contributed by atoms with Gasteiger partial charge in [0.1, 0.15) is 11.7 Å². The molecule has 88 valence electrons. The van der Waals surface area contributed by atoms with Crippen LogP contribution in [0.3, 0.4) is 0 Å². The fourth-order valence-electron chi connectivity index (χ4n) is 1.73. The fourth-order valence-corrected chi connectivity index (χ4v) is 1.73. The van der Waals surface area contributed by atoms with E-state index in [-0.39, 0.29) is 5.84 Å². The second-order valence-corrected chi connectivity index (χ2v) is 3.83. The molecule has 0 aliphatic rings. The number of nitrogens with two attached hydrogens (primary N) is 1. The van der Waals surface area contributed by atoms with Crippen molar-refractivity contribution in [3.05, 3.63) is 23.9 Å². The van der Waals surface area contributed by atoms with Gasteiger partial charge in [0.2, 0.25) is 0 Å². The van der Waals surface area contributed by atoms with Crippen molar-refractivity contribution in [2.75, 3.05) is 11.4 Å². The molecule has 1 aromatic rings. The number of anilines is 1. The zero-order chi connectivity index (χ0) is 12.1. The third-order valence-electron chi connectivity index (χ3n) is 2.81. The van der Waals surface area contributed by atoms with Crippen LogP contribution in [0.4, 0.5) is 5.82 Å². The smallest absolute Gasteiger partial charge is 0.139 e. The number of aromatic nitrogens is 1. The normalized spacial score (nSPS) is 12.2. The first-order valence-electron chi connectivity index (χ1n) is 5.67. The quantitative estimate of drug-likeness (QED) is 0.589. The van der Waals surface area contributed by atoms with Gasteiger partial charge >= 0.3 is 0 Å². The third-order valence-corrected chi connectivity index (χ3v) is 2.81. The van der Waals surface area contributed by atoms with Crippen molar-refractivity contribution in [3.8, 4) is 0 Å². The summed E-state index contributed by atoms with van der Waals surface area (Å²) in [7, 11) is 0. The number of nitrogens with zero attached hydrogens (tertiary/aromatic N) is 2. The van der Waals surface area contributed by atoms with E-state index in [4.69, 9.17) is 11.1 Å². The summed E-state index contributed by atoms with van der Waals surface area (Å²) in [6.45, 7) is 7.25. The van der Waals surface area contributed by atoms with Crippen molar-refractivity contribution in [2.24, 2.45) is 5.73 Å². The molecule has 0 fully saturated rings. The van der Waals surface area contributed by atoms with Gasteiger partial charge in [-0.2, -0.15) is 0 Å². The Labute approximate surface area is 97.0 Å². The molecule has 1 atom stereocenters. The van der Waals surface area contributed by atoms with Crippen molar-refractivity contribution in [1.82, 2.24) is 4.98 Å². The molecule has 0 spiro atoms. The van der Waals surface area contributed by atoms with Crippen LogP contribution in [0, 0.1) is 5.41 Å². The van der Waals surface area contributed by atoms with Gasteiger partial charge in [0, 0.05) is 18.8 Å². The molecule has 3 N–H and O–H groups in total. The first-order chi connectivity index (χ1) is 7.61. The highest BCUT2D eigenvalue weighted by Crippen LogP contribution is 2.19. The Balaban J connectivity index is 3.14. The van der Waals surface area contributed by atoms with E-state index >= 15 is 0 Å². The number of rotatable bonds is 5. The minimum Gasteiger partial charge on any atom is -0.384 e. The van der Waals surface area contributed by atoms with Crippen LogP contribution in [-0.4, -0.2) is 23.4 Å². The molecule has 0 amide bonds. The number of nitrogen functional groups attached to an aromatic ring is 1. The van der Waals surface area contributed by atoms with E-state index in [1.807, 2.05) is 12.1 Å². The zero-order valence-electron chi connectivity index (χ0n) is 10.2. The summed E-state index contributed by atoms with van der Waals surface area (Å²) in [5.74, 6) is 0.886.